The molecule has 3 nitrogen and oxygen atoms in total. The highest BCUT2D eigenvalue weighted by molar-refractivity contribution is 5.50. The Morgan fingerprint density at radius 2 is 1.88 bits per heavy atom. The van der Waals surface area contributed by atoms with Gasteiger partial charge in [0.15, 0.2) is 11.5 Å². The normalized spacial score (nSPS) is 13.5. The molecule has 0 aliphatic carbocycles. The minimum atomic E-state index is -0.485. The maximum absolute atomic E-state index is 9.99. The number of phenolic OH excluding ortho intramolecular Hbond substituents is 1. The number of rotatable bonds is 3. The molecule has 2 N–H and O–H groups in total. The first kappa shape index (κ1) is 13.8. The molecular weight excluding hydrogens is 216 g/mol. The average Bonchev–Trinajstić information content (AvgIpc) is 2.18. The van der Waals surface area contributed by atoms with E-state index < -0.39 is 6.10 Å². The van der Waals surface area contributed by atoms with Gasteiger partial charge in [0.1, 0.15) is 0 Å². The largest absolute Gasteiger partial charge is 0.504 e. The molecule has 0 aliphatic rings. The number of hydrogen-bond acceptors (Lipinski definition) is 3. The molecule has 0 aliphatic heterocycles. The SMILES string of the molecule is COc1cc(C(C)(C)C)cc(CC(C)O)c1O. The molecule has 0 amide bonds. The Morgan fingerprint density at radius 1 is 1.29 bits per heavy atom. The van der Waals surface area contributed by atoms with Gasteiger partial charge in [0.25, 0.3) is 0 Å². The summed E-state index contributed by atoms with van der Waals surface area (Å²) in [6.45, 7) is 8.01. The summed E-state index contributed by atoms with van der Waals surface area (Å²) in [5.74, 6) is 0.592. The van der Waals surface area contributed by atoms with Crippen molar-refractivity contribution >= 4 is 0 Å². The molecule has 0 radical (unpaired) electrons. The molecule has 1 unspecified atom stereocenters. The van der Waals surface area contributed by atoms with Crippen molar-refractivity contribution in [2.45, 2.75) is 45.6 Å². The lowest BCUT2D eigenvalue weighted by Gasteiger charge is -2.22. The molecule has 96 valence electrons. The highest BCUT2D eigenvalue weighted by Crippen LogP contribution is 2.36. The maximum Gasteiger partial charge on any atom is 0.161 e. The highest BCUT2D eigenvalue weighted by Gasteiger charge is 2.19. The number of ether oxygens (including phenoxy) is 1. The van der Waals surface area contributed by atoms with E-state index in [1.54, 1.807) is 6.92 Å². The summed E-state index contributed by atoms with van der Waals surface area (Å²) in [4.78, 5) is 0. The van der Waals surface area contributed by atoms with Crippen LogP contribution in [-0.2, 0) is 11.8 Å². The van der Waals surface area contributed by atoms with Gasteiger partial charge in [-0.25, -0.2) is 0 Å². The summed E-state index contributed by atoms with van der Waals surface area (Å²) in [6, 6.07) is 3.78. The van der Waals surface area contributed by atoms with Crippen molar-refractivity contribution < 1.29 is 14.9 Å². The minimum Gasteiger partial charge on any atom is -0.504 e. The van der Waals surface area contributed by atoms with Crippen LogP contribution in [-0.4, -0.2) is 23.4 Å². The number of hydrogen-bond donors (Lipinski definition) is 2. The van der Waals surface area contributed by atoms with Crippen molar-refractivity contribution in [1.29, 1.82) is 0 Å². The molecule has 1 atom stereocenters. The zero-order valence-electron chi connectivity index (χ0n) is 11.2. The first-order valence-electron chi connectivity index (χ1n) is 5.84. The van der Waals surface area contributed by atoms with E-state index in [0.717, 1.165) is 11.1 Å². The van der Waals surface area contributed by atoms with Crippen molar-refractivity contribution in [3.8, 4) is 11.5 Å². The lowest BCUT2D eigenvalue weighted by atomic mass is 9.85. The Labute approximate surface area is 103 Å². The minimum absolute atomic E-state index is 0.0194. The first-order valence-corrected chi connectivity index (χ1v) is 5.84. The van der Waals surface area contributed by atoms with Crippen LogP contribution in [0.1, 0.15) is 38.8 Å². The molecule has 0 spiro atoms. The number of aromatic hydroxyl groups is 1. The van der Waals surface area contributed by atoms with E-state index in [1.807, 2.05) is 12.1 Å². The van der Waals surface area contributed by atoms with Crippen LogP contribution in [0.2, 0.25) is 0 Å². The summed E-state index contributed by atoms with van der Waals surface area (Å²) < 4.78 is 5.17. The van der Waals surface area contributed by atoms with Crippen LogP contribution >= 0.6 is 0 Å². The second-order valence-corrected chi connectivity index (χ2v) is 5.49. The number of aliphatic hydroxyl groups excluding tert-OH is 1. The predicted molar refractivity (Wildman–Crippen MR) is 68.7 cm³/mol. The van der Waals surface area contributed by atoms with Gasteiger partial charge in [0, 0.05) is 12.0 Å². The molecule has 1 aromatic rings. The molecule has 17 heavy (non-hydrogen) atoms. The highest BCUT2D eigenvalue weighted by atomic mass is 16.5. The van der Waals surface area contributed by atoms with Gasteiger partial charge < -0.3 is 14.9 Å². The maximum atomic E-state index is 9.99. The average molecular weight is 238 g/mol. The Morgan fingerprint density at radius 3 is 2.29 bits per heavy atom. The molecule has 0 fully saturated rings. The summed E-state index contributed by atoms with van der Waals surface area (Å²) in [5, 5.41) is 19.4. The standard InChI is InChI=1S/C14H22O3/c1-9(15)6-10-7-11(14(2,3)4)8-12(17-5)13(10)16/h7-9,15-16H,6H2,1-5H3. The Bertz CT molecular complexity index is 389. The van der Waals surface area contributed by atoms with Crippen molar-refractivity contribution in [2.24, 2.45) is 0 Å². The lowest BCUT2D eigenvalue weighted by Crippen LogP contribution is -2.13. The van der Waals surface area contributed by atoms with Crippen LogP contribution in [0.4, 0.5) is 0 Å². The van der Waals surface area contributed by atoms with E-state index in [1.165, 1.54) is 7.11 Å². The topological polar surface area (TPSA) is 49.7 Å². The predicted octanol–water partition coefficient (Wildman–Crippen LogP) is 2.62. The van der Waals surface area contributed by atoms with Gasteiger partial charge in [-0.15, -0.1) is 0 Å². The van der Waals surface area contributed by atoms with Gasteiger partial charge in [-0.1, -0.05) is 26.8 Å². The van der Waals surface area contributed by atoms with Gasteiger partial charge in [-0.05, 0) is 24.0 Å². The molecule has 0 bridgehead atoms. The third kappa shape index (κ3) is 3.37. The molecule has 0 saturated heterocycles. The van der Waals surface area contributed by atoms with Crippen LogP contribution in [0, 0.1) is 0 Å². The Hall–Kier alpha value is -1.22. The van der Waals surface area contributed by atoms with E-state index in [2.05, 4.69) is 20.8 Å². The van der Waals surface area contributed by atoms with Crippen molar-refractivity contribution in [1.82, 2.24) is 0 Å². The molecule has 1 aromatic carbocycles. The van der Waals surface area contributed by atoms with Gasteiger partial charge in [-0.2, -0.15) is 0 Å². The van der Waals surface area contributed by atoms with Crippen LogP contribution in [0.5, 0.6) is 11.5 Å². The summed E-state index contributed by atoms with van der Waals surface area (Å²) in [5.41, 5.74) is 1.79. The van der Waals surface area contributed by atoms with Crippen molar-refractivity contribution in [3.63, 3.8) is 0 Å². The fourth-order valence-corrected chi connectivity index (χ4v) is 1.73. The number of methoxy groups -OCH3 is 1. The third-order valence-electron chi connectivity index (χ3n) is 2.76. The van der Waals surface area contributed by atoms with E-state index in [9.17, 15) is 10.2 Å². The summed E-state index contributed by atoms with van der Waals surface area (Å²) in [6.07, 6.45) is -0.0626. The van der Waals surface area contributed by atoms with E-state index in [-0.39, 0.29) is 11.2 Å². The molecule has 0 aromatic heterocycles. The van der Waals surface area contributed by atoms with Crippen LogP contribution < -0.4 is 4.74 Å². The second-order valence-electron chi connectivity index (χ2n) is 5.49. The van der Waals surface area contributed by atoms with Crippen LogP contribution in [0.25, 0.3) is 0 Å². The molecule has 3 heteroatoms. The molecular formula is C14H22O3. The van der Waals surface area contributed by atoms with Gasteiger partial charge >= 0.3 is 0 Å². The van der Waals surface area contributed by atoms with Gasteiger partial charge in [0.2, 0.25) is 0 Å². The summed E-state index contributed by atoms with van der Waals surface area (Å²) in [7, 11) is 1.54. The van der Waals surface area contributed by atoms with Gasteiger partial charge in [-0.3, -0.25) is 0 Å². The van der Waals surface area contributed by atoms with Crippen molar-refractivity contribution in [3.05, 3.63) is 23.3 Å². The second kappa shape index (κ2) is 4.96. The van der Waals surface area contributed by atoms with E-state index in [4.69, 9.17) is 4.74 Å². The van der Waals surface area contributed by atoms with Crippen LogP contribution in [0.15, 0.2) is 12.1 Å². The van der Waals surface area contributed by atoms with E-state index >= 15 is 0 Å². The van der Waals surface area contributed by atoms with Crippen LogP contribution in [0.3, 0.4) is 0 Å². The van der Waals surface area contributed by atoms with E-state index in [0.29, 0.717) is 12.2 Å². The van der Waals surface area contributed by atoms with Gasteiger partial charge in [0.05, 0.1) is 13.2 Å². The monoisotopic (exact) mass is 238 g/mol. The Balaban J connectivity index is 3.28. The fourth-order valence-electron chi connectivity index (χ4n) is 1.73. The quantitative estimate of drug-likeness (QED) is 0.851. The number of phenols is 1. The number of aliphatic hydroxyl groups is 1. The summed E-state index contributed by atoms with van der Waals surface area (Å²) >= 11 is 0. The lowest BCUT2D eigenvalue weighted by molar-refractivity contribution is 0.194. The smallest absolute Gasteiger partial charge is 0.161 e. The zero-order valence-corrected chi connectivity index (χ0v) is 11.2. The van der Waals surface area contributed by atoms with Crippen molar-refractivity contribution in [2.75, 3.05) is 7.11 Å². The number of benzene rings is 1. The molecule has 0 saturated carbocycles. The Kier molecular flexibility index (Phi) is 4.04. The zero-order chi connectivity index (χ0) is 13.2. The third-order valence-corrected chi connectivity index (χ3v) is 2.76. The molecule has 1 rings (SSSR count). The first-order chi connectivity index (χ1) is 7.75. The fraction of sp³-hybridized carbons (Fsp3) is 0.571. The molecule has 0 heterocycles.